The number of hydrogen-bond donors (Lipinski definition) is 3. The minimum Gasteiger partial charge on any atom is -0.478 e. The van der Waals surface area contributed by atoms with E-state index >= 15 is 0 Å². The van der Waals surface area contributed by atoms with Gasteiger partial charge < -0.3 is 9.63 Å². The van der Waals surface area contributed by atoms with Crippen LogP contribution in [0.5, 0.6) is 0 Å². The van der Waals surface area contributed by atoms with E-state index in [2.05, 4.69) is 11.4 Å². The lowest BCUT2D eigenvalue weighted by molar-refractivity contribution is -0.133. The minimum atomic E-state index is -4.78. The van der Waals surface area contributed by atoms with Gasteiger partial charge in [-0.1, -0.05) is 82.2 Å². The van der Waals surface area contributed by atoms with Crippen LogP contribution in [-0.4, -0.2) is 20.9 Å². The summed E-state index contributed by atoms with van der Waals surface area (Å²) < 4.78 is 15.3. The highest BCUT2D eigenvalue weighted by Gasteiger charge is 2.24. The summed E-state index contributed by atoms with van der Waals surface area (Å²) >= 11 is 0. The highest BCUT2D eigenvalue weighted by Crippen LogP contribution is 2.38. The van der Waals surface area contributed by atoms with Gasteiger partial charge in [-0.25, -0.2) is 9.36 Å². The van der Waals surface area contributed by atoms with Crippen molar-refractivity contribution in [3.63, 3.8) is 0 Å². The van der Waals surface area contributed by atoms with Crippen molar-refractivity contribution in [1.29, 1.82) is 0 Å². The summed E-state index contributed by atoms with van der Waals surface area (Å²) in [6.45, 7) is 2.17. The van der Waals surface area contributed by atoms with Gasteiger partial charge in [-0.3, -0.25) is 9.79 Å². The fourth-order valence-corrected chi connectivity index (χ4v) is 3.15. The van der Waals surface area contributed by atoms with E-state index in [1.165, 1.54) is 25.7 Å². The molecule has 0 spiro atoms. The van der Waals surface area contributed by atoms with Crippen molar-refractivity contribution in [3.8, 4) is 0 Å². The Kier molecular flexibility index (Phi) is 10.3. The van der Waals surface area contributed by atoms with Crippen LogP contribution in [-0.2, 0) is 13.9 Å². The zero-order chi connectivity index (χ0) is 19.4. The zero-order valence-corrected chi connectivity index (χ0v) is 16.1. The van der Waals surface area contributed by atoms with Gasteiger partial charge in [-0.2, -0.15) is 0 Å². The average Bonchev–Trinajstić information content (AvgIpc) is 2.59. The van der Waals surface area contributed by atoms with Crippen molar-refractivity contribution in [2.45, 2.75) is 64.2 Å². The van der Waals surface area contributed by atoms with Crippen LogP contribution < -0.4 is 0 Å². The topological polar surface area (TPSA) is 104 Å². The van der Waals surface area contributed by atoms with Gasteiger partial charge in [-0.15, -0.1) is 0 Å². The van der Waals surface area contributed by atoms with E-state index in [1.54, 1.807) is 0 Å². The van der Waals surface area contributed by atoms with Gasteiger partial charge >= 0.3 is 13.8 Å². The molecule has 146 valence electrons. The summed E-state index contributed by atoms with van der Waals surface area (Å²) in [6.07, 6.45) is 9.04. The first-order valence-electron chi connectivity index (χ1n) is 9.07. The Morgan fingerprint density at radius 2 is 1.65 bits per heavy atom. The standard InChI is InChI=1S/C19H29O6P/c1-2-3-4-5-6-7-11-14-17(16-12-9-8-10-13-16)18(19(20)21)15-25-26(22,23)24/h8-10,12-13,15,17H,2-7,11,14H2,1H3,(H,20,21)(H2,22,23,24). The number of carboxylic acids is 1. The maximum Gasteiger partial charge on any atom is 0.524 e. The Morgan fingerprint density at radius 3 is 2.19 bits per heavy atom. The lowest BCUT2D eigenvalue weighted by Crippen LogP contribution is -2.12. The average molecular weight is 384 g/mol. The van der Waals surface area contributed by atoms with Crippen LogP contribution in [0.4, 0.5) is 0 Å². The summed E-state index contributed by atoms with van der Waals surface area (Å²) in [5.41, 5.74) is 0.645. The second kappa shape index (κ2) is 11.9. The van der Waals surface area contributed by atoms with Gasteiger partial charge in [0.15, 0.2) is 0 Å². The van der Waals surface area contributed by atoms with Gasteiger partial charge in [0.05, 0.1) is 5.57 Å². The van der Waals surface area contributed by atoms with Gasteiger partial charge in [-0.05, 0) is 12.0 Å². The SMILES string of the molecule is CCCCCCCCCC(C(=COP(=O)(O)O)C(=O)O)c1ccccc1. The van der Waals surface area contributed by atoms with Gasteiger partial charge in [0.25, 0.3) is 0 Å². The van der Waals surface area contributed by atoms with Crippen molar-refractivity contribution >= 4 is 13.8 Å². The predicted molar refractivity (Wildman–Crippen MR) is 101 cm³/mol. The van der Waals surface area contributed by atoms with Crippen LogP contribution in [0.15, 0.2) is 42.2 Å². The van der Waals surface area contributed by atoms with Crippen LogP contribution in [0.1, 0.15) is 69.8 Å². The van der Waals surface area contributed by atoms with E-state index in [9.17, 15) is 14.5 Å². The van der Waals surface area contributed by atoms with Gasteiger partial charge in [0.2, 0.25) is 0 Å². The molecular weight excluding hydrogens is 355 g/mol. The normalized spacial score (nSPS) is 13.4. The first-order chi connectivity index (χ1) is 12.3. The Balaban J connectivity index is 2.80. The number of carbonyl (C=O) groups is 1. The maximum atomic E-state index is 11.6. The van der Waals surface area contributed by atoms with Gasteiger partial charge in [0.1, 0.15) is 6.26 Å². The first-order valence-corrected chi connectivity index (χ1v) is 10.6. The smallest absolute Gasteiger partial charge is 0.478 e. The van der Waals surface area contributed by atoms with Crippen LogP contribution >= 0.6 is 7.82 Å². The molecule has 1 rings (SSSR count). The van der Waals surface area contributed by atoms with Crippen LogP contribution in [0, 0.1) is 0 Å². The monoisotopic (exact) mass is 384 g/mol. The van der Waals surface area contributed by atoms with E-state index in [1.807, 2.05) is 30.3 Å². The lowest BCUT2D eigenvalue weighted by atomic mass is 9.87. The molecule has 0 heterocycles. The molecule has 1 unspecified atom stereocenters. The van der Waals surface area contributed by atoms with Crippen LogP contribution in [0.3, 0.4) is 0 Å². The van der Waals surface area contributed by atoms with E-state index in [-0.39, 0.29) is 5.57 Å². The molecule has 0 aliphatic rings. The molecule has 0 radical (unpaired) electrons. The van der Waals surface area contributed by atoms with Crippen LogP contribution in [0.2, 0.25) is 0 Å². The van der Waals surface area contributed by atoms with Crippen molar-refractivity contribution in [1.82, 2.24) is 0 Å². The Morgan fingerprint density at radius 1 is 1.08 bits per heavy atom. The molecule has 0 aliphatic carbocycles. The highest BCUT2D eigenvalue weighted by atomic mass is 31.2. The van der Waals surface area contributed by atoms with Crippen LogP contribution in [0.25, 0.3) is 0 Å². The molecule has 0 bridgehead atoms. The Hall–Kier alpha value is -1.62. The Labute approximate surface area is 155 Å². The minimum absolute atomic E-state index is 0.148. The second-order valence-electron chi connectivity index (χ2n) is 6.35. The fraction of sp³-hybridized carbons (Fsp3) is 0.526. The molecule has 7 heteroatoms. The number of aliphatic carboxylic acids is 1. The third-order valence-electron chi connectivity index (χ3n) is 4.24. The zero-order valence-electron chi connectivity index (χ0n) is 15.2. The lowest BCUT2D eigenvalue weighted by Gasteiger charge is -2.18. The maximum absolute atomic E-state index is 11.6. The molecule has 0 saturated heterocycles. The Bertz CT molecular complexity index is 608. The van der Waals surface area contributed by atoms with Crippen molar-refractivity contribution in [3.05, 3.63) is 47.7 Å². The molecule has 0 aromatic heterocycles. The molecule has 6 nitrogen and oxygen atoms in total. The number of unbranched alkanes of at least 4 members (excludes halogenated alkanes) is 6. The second-order valence-corrected chi connectivity index (χ2v) is 7.54. The number of benzene rings is 1. The van der Waals surface area contributed by atoms with E-state index in [0.29, 0.717) is 12.7 Å². The molecule has 0 fully saturated rings. The molecule has 1 atom stereocenters. The fourth-order valence-electron chi connectivity index (χ4n) is 2.90. The van der Waals surface area contributed by atoms with E-state index in [0.717, 1.165) is 24.8 Å². The highest BCUT2D eigenvalue weighted by molar-refractivity contribution is 7.46. The van der Waals surface area contributed by atoms with Crippen molar-refractivity contribution < 1.29 is 28.8 Å². The van der Waals surface area contributed by atoms with E-state index < -0.39 is 19.7 Å². The molecule has 26 heavy (non-hydrogen) atoms. The number of carboxylic acid groups (broad SMARTS) is 1. The van der Waals surface area contributed by atoms with Crippen molar-refractivity contribution in [2.24, 2.45) is 0 Å². The molecule has 1 aromatic carbocycles. The molecule has 1 aromatic rings. The molecule has 0 amide bonds. The predicted octanol–water partition coefficient (Wildman–Crippen LogP) is 4.99. The van der Waals surface area contributed by atoms with Gasteiger partial charge in [0, 0.05) is 5.92 Å². The molecule has 0 aliphatic heterocycles. The summed E-state index contributed by atoms with van der Waals surface area (Å²) in [5, 5.41) is 9.50. The van der Waals surface area contributed by atoms with Crippen molar-refractivity contribution in [2.75, 3.05) is 0 Å². The summed E-state index contributed by atoms with van der Waals surface area (Å²) in [7, 11) is -4.78. The molecule has 0 saturated carbocycles. The largest absolute Gasteiger partial charge is 0.524 e. The third-order valence-corrected chi connectivity index (χ3v) is 4.62. The van der Waals surface area contributed by atoms with E-state index in [4.69, 9.17) is 9.79 Å². The summed E-state index contributed by atoms with van der Waals surface area (Å²) in [4.78, 5) is 29.4. The number of hydrogen-bond acceptors (Lipinski definition) is 3. The number of phosphoric acid groups is 1. The quantitative estimate of drug-likeness (QED) is 0.192. The third kappa shape index (κ3) is 9.18. The summed E-state index contributed by atoms with van der Waals surface area (Å²) in [5.74, 6) is -1.72. The summed E-state index contributed by atoms with van der Waals surface area (Å²) in [6, 6.07) is 9.11. The first kappa shape index (κ1) is 22.4. The molecule has 3 N–H and O–H groups in total. The molecular formula is C19H29O6P. The number of rotatable bonds is 13. The number of phosphoric ester groups is 1.